The fourth-order valence-electron chi connectivity index (χ4n) is 2.60. The van der Waals surface area contributed by atoms with Crippen molar-refractivity contribution in [2.75, 3.05) is 7.05 Å². The van der Waals surface area contributed by atoms with Crippen molar-refractivity contribution in [2.45, 2.75) is 20.0 Å². The Morgan fingerprint density at radius 3 is 2.74 bits per heavy atom. The third-order valence-electron chi connectivity index (χ3n) is 3.71. The van der Waals surface area contributed by atoms with E-state index < -0.39 is 5.63 Å². The predicted molar refractivity (Wildman–Crippen MR) is 96.1 cm³/mol. The number of aromatic hydroxyl groups is 1. The molecule has 120 valence electrons. The molecule has 1 N–H and O–H groups in total. The van der Waals surface area contributed by atoms with Crippen molar-refractivity contribution < 1.29 is 9.52 Å². The zero-order chi connectivity index (χ0) is 16.6. The summed E-state index contributed by atoms with van der Waals surface area (Å²) in [5, 5.41) is 10.7. The largest absolute Gasteiger partial charge is 0.508 e. The van der Waals surface area contributed by atoms with Gasteiger partial charge in [-0.15, -0.1) is 11.3 Å². The van der Waals surface area contributed by atoms with Crippen LogP contribution in [0.2, 0.25) is 0 Å². The molecule has 2 heterocycles. The molecule has 0 atom stereocenters. The molecule has 0 aliphatic carbocycles. The molecule has 3 aromatic rings. The van der Waals surface area contributed by atoms with Gasteiger partial charge in [0.25, 0.3) is 0 Å². The van der Waals surface area contributed by atoms with Gasteiger partial charge in [-0.1, -0.05) is 0 Å². The first-order valence-corrected chi connectivity index (χ1v) is 8.73. The number of hydrogen-bond acceptors (Lipinski definition) is 5. The molecule has 0 aliphatic rings. The molecule has 2 aromatic heterocycles. The number of thiophene rings is 1. The average Bonchev–Trinajstić information content (AvgIpc) is 2.88. The second-order valence-corrected chi connectivity index (χ2v) is 8.10. The normalized spacial score (nSPS) is 11.5. The lowest BCUT2D eigenvalue weighted by atomic mass is 10.1. The van der Waals surface area contributed by atoms with Crippen molar-refractivity contribution in [1.29, 1.82) is 0 Å². The van der Waals surface area contributed by atoms with E-state index in [1.54, 1.807) is 30.4 Å². The molecule has 0 aliphatic heterocycles. The van der Waals surface area contributed by atoms with Crippen LogP contribution in [0.1, 0.15) is 16.0 Å². The Kier molecular flexibility index (Phi) is 4.57. The second-order valence-electron chi connectivity index (χ2n) is 5.56. The number of fused-ring (bicyclic) bond motifs is 1. The van der Waals surface area contributed by atoms with Gasteiger partial charge in [-0.05, 0) is 59.7 Å². The van der Waals surface area contributed by atoms with Crippen LogP contribution in [0.4, 0.5) is 0 Å². The Morgan fingerprint density at radius 1 is 1.26 bits per heavy atom. The summed E-state index contributed by atoms with van der Waals surface area (Å²) in [5.74, 6) is 0.134. The molecule has 0 saturated heterocycles. The van der Waals surface area contributed by atoms with Crippen LogP contribution in [0.5, 0.6) is 5.75 Å². The lowest BCUT2D eigenvalue weighted by molar-refractivity contribution is 0.322. The van der Waals surface area contributed by atoms with Gasteiger partial charge in [0, 0.05) is 35.0 Å². The molecule has 0 radical (unpaired) electrons. The van der Waals surface area contributed by atoms with Gasteiger partial charge in [-0.2, -0.15) is 0 Å². The van der Waals surface area contributed by atoms with E-state index in [1.165, 1.54) is 10.9 Å². The van der Waals surface area contributed by atoms with Crippen LogP contribution in [0.3, 0.4) is 0 Å². The Bertz CT molecular complexity index is 916. The predicted octanol–water partition coefficient (Wildman–Crippen LogP) is 4.26. The van der Waals surface area contributed by atoms with E-state index >= 15 is 0 Å². The van der Waals surface area contributed by atoms with Crippen molar-refractivity contribution in [3.63, 3.8) is 0 Å². The summed E-state index contributed by atoms with van der Waals surface area (Å²) < 4.78 is 6.39. The molecule has 0 bridgehead atoms. The van der Waals surface area contributed by atoms with Crippen LogP contribution in [-0.4, -0.2) is 17.1 Å². The zero-order valence-corrected chi connectivity index (χ0v) is 15.2. The molecule has 4 nitrogen and oxygen atoms in total. The van der Waals surface area contributed by atoms with Gasteiger partial charge in [-0.3, -0.25) is 4.90 Å². The molecule has 0 fully saturated rings. The molecule has 23 heavy (non-hydrogen) atoms. The molecule has 0 unspecified atom stereocenters. The Balaban J connectivity index is 1.93. The van der Waals surface area contributed by atoms with Gasteiger partial charge in [0.05, 0.1) is 3.79 Å². The minimum absolute atomic E-state index is 0.134. The van der Waals surface area contributed by atoms with E-state index in [0.717, 1.165) is 21.3 Å². The van der Waals surface area contributed by atoms with Gasteiger partial charge in [0.1, 0.15) is 11.3 Å². The molecule has 0 amide bonds. The van der Waals surface area contributed by atoms with Crippen LogP contribution >= 0.6 is 27.3 Å². The number of aryl methyl sites for hydroxylation is 1. The van der Waals surface area contributed by atoms with Crippen LogP contribution in [-0.2, 0) is 13.1 Å². The van der Waals surface area contributed by atoms with Crippen LogP contribution in [0.15, 0.2) is 43.3 Å². The zero-order valence-electron chi connectivity index (χ0n) is 12.8. The molecule has 0 saturated carbocycles. The maximum absolute atomic E-state index is 11.8. The summed E-state index contributed by atoms with van der Waals surface area (Å²) in [5.41, 5.74) is 1.55. The first kappa shape index (κ1) is 16.2. The monoisotopic (exact) mass is 393 g/mol. The Labute approximate surface area is 146 Å². The van der Waals surface area contributed by atoms with E-state index in [9.17, 15) is 9.90 Å². The van der Waals surface area contributed by atoms with Gasteiger partial charge in [0.2, 0.25) is 0 Å². The van der Waals surface area contributed by atoms with E-state index in [4.69, 9.17) is 4.42 Å². The van der Waals surface area contributed by atoms with Crippen molar-refractivity contribution in [1.82, 2.24) is 4.90 Å². The fourth-order valence-corrected chi connectivity index (χ4v) is 4.16. The summed E-state index contributed by atoms with van der Waals surface area (Å²) in [4.78, 5) is 15.2. The third-order valence-corrected chi connectivity index (χ3v) is 5.32. The molecule has 0 spiro atoms. The number of rotatable bonds is 4. The molecule has 1 aromatic carbocycles. The maximum Gasteiger partial charge on any atom is 0.336 e. The first-order chi connectivity index (χ1) is 10.9. The van der Waals surface area contributed by atoms with Gasteiger partial charge in [-0.25, -0.2) is 4.79 Å². The highest BCUT2D eigenvalue weighted by atomic mass is 79.9. The highest BCUT2D eigenvalue weighted by Gasteiger charge is 2.12. The second kappa shape index (κ2) is 6.47. The maximum atomic E-state index is 11.8. The SMILES string of the molecule is Cc1c(O)ccc2c(CN(C)Cc3ccc(Br)s3)cc(=O)oc12. The third kappa shape index (κ3) is 3.49. The molecular weight excluding hydrogens is 378 g/mol. The van der Waals surface area contributed by atoms with Crippen molar-refractivity contribution >= 4 is 38.2 Å². The van der Waals surface area contributed by atoms with Crippen molar-refractivity contribution in [3.05, 3.63) is 60.5 Å². The van der Waals surface area contributed by atoms with E-state index in [2.05, 4.69) is 26.9 Å². The molecular formula is C17H16BrNO3S. The molecule has 6 heteroatoms. The van der Waals surface area contributed by atoms with Gasteiger partial charge in [0.15, 0.2) is 0 Å². The highest BCUT2D eigenvalue weighted by molar-refractivity contribution is 9.11. The lowest BCUT2D eigenvalue weighted by Crippen LogP contribution is -2.18. The topological polar surface area (TPSA) is 53.7 Å². The van der Waals surface area contributed by atoms with Crippen molar-refractivity contribution in [2.24, 2.45) is 0 Å². The van der Waals surface area contributed by atoms with E-state index in [0.29, 0.717) is 17.7 Å². The minimum atomic E-state index is -0.395. The lowest BCUT2D eigenvalue weighted by Gasteiger charge is -2.17. The minimum Gasteiger partial charge on any atom is -0.508 e. The number of phenolic OH excluding ortho intramolecular Hbond substituents is 1. The van der Waals surface area contributed by atoms with Crippen LogP contribution in [0.25, 0.3) is 11.0 Å². The average molecular weight is 394 g/mol. The summed E-state index contributed by atoms with van der Waals surface area (Å²) in [6.45, 7) is 3.17. The van der Waals surface area contributed by atoms with Gasteiger partial charge >= 0.3 is 5.63 Å². The number of phenols is 1. The fraction of sp³-hybridized carbons (Fsp3) is 0.235. The van der Waals surface area contributed by atoms with Crippen molar-refractivity contribution in [3.8, 4) is 5.75 Å². The van der Waals surface area contributed by atoms with Crippen LogP contribution in [0, 0.1) is 6.92 Å². The number of benzene rings is 1. The van der Waals surface area contributed by atoms with Crippen LogP contribution < -0.4 is 5.63 Å². The first-order valence-electron chi connectivity index (χ1n) is 7.12. The van der Waals surface area contributed by atoms with E-state index in [-0.39, 0.29) is 5.75 Å². The number of nitrogens with zero attached hydrogens (tertiary/aromatic N) is 1. The summed E-state index contributed by atoms with van der Waals surface area (Å²) in [6.07, 6.45) is 0. The van der Waals surface area contributed by atoms with Gasteiger partial charge < -0.3 is 9.52 Å². The summed E-state index contributed by atoms with van der Waals surface area (Å²) >= 11 is 5.17. The quantitative estimate of drug-likeness (QED) is 0.672. The Hall–Kier alpha value is -1.63. The number of hydrogen-bond donors (Lipinski definition) is 1. The molecule has 3 rings (SSSR count). The standard InChI is InChI=1S/C17H16BrNO3S/c1-10-14(20)5-4-13-11(7-16(21)22-17(10)13)8-19(2)9-12-3-6-15(18)23-12/h3-7,20H,8-9H2,1-2H3. The smallest absolute Gasteiger partial charge is 0.336 e. The Morgan fingerprint density at radius 2 is 2.04 bits per heavy atom. The summed E-state index contributed by atoms with van der Waals surface area (Å²) in [6, 6.07) is 9.08. The number of halogens is 1. The highest BCUT2D eigenvalue weighted by Crippen LogP contribution is 2.28. The summed E-state index contributed by atoms with van der Waals surface area (Å²) in [7, 11) is 2.02. The van der Waals surface area contributed by atoms with E-state index in [1.807, 2.05) is 13.1 Å².